The van der Waals surface area contributed by atoms with E-state index in [4.69, 9.17) is 5.11 Å². The van der Waals surface area contributed by atoms with Crippen LogP contribution in [0.4, 0.5) is 4.39 Å². The molecule has 2 N–H and O–H groups in total. The molecule has 0 saturated carbocycles. The quantitative estimate of drug-likeness (QED) is 0.755. The SMILES string of the molecule is Cc1[nH]c2c(F)ccc(C(=O)O)c2c1C. The summed E-state index contributed by atoms with van der Waals surface area (Å²) < 4.78 is 13.4. The van der Waals surface area contributed by atoms with E-state index in [9.17, 15) is 9.18 Å². The van der Waals surface area contributed by atoms with Crippen molar-refractivity contribution in [1.82, 2.24) is 4.98 Å². The van der Waals surface area contributed by atoms with E-state index in [0.717, 1.165) is 11.3 Å². The number of carboxylic acid groups (broad SMARTS) is 1. The van der Waals surface area contributed by atoms with Crippen LogP contribution in [0.5, 0.6) is 0 Å². The fraction of sp³-hybridized carbons (Fsp3) is 0.182. The second-order valence-electron chi connectivity index (χ2n) is 3.53. The third-order valence-electron chi connectivity index (χ3n) is 2.63. The average Bonchev–Trinajstić information content (AvgIpc) is 2.46. The van der Waals surface area contributed by atoms with Crippen LogP contribution in [0.1, 0.15) is 21.6 Å². The Balaban J connectivity index is 2.96. The lowest BCUT2D eigenvalue weighted by atomic mass is 10.1. The van der Waals surface area contributed by atoms with Crippen molar-refractivity contribution < 1.29 is 14.3 Å². The lowest BCUT2D eigenvalue weighted by Crippen LogP contribution is -1.98. The molecule has 0 spiro atoms. The van der Waals surface area contributed by atoms with Gasteiger partial charge in [0.2, 0.25) is 0 Å². The largest absolute Gasteiger partial charge is 0.478 e. The van der Waals surface area contributed by atoms with E-state index in [-0.39, 0.29) is 11.1 Å². The fourth-order valence-electron chi connectivity index (χ4n) is 1.74. The summed E-state index contributed by atoms with van der Waals surface area (Å²) in [5, 5.41) is 9.43. The summed E-state index contributed by atoms with van der Waals surface area (Å²) in [6, 6.07) is 2.46. The summed E-state index contributed by atoms with van der Waals surface area (Å²) in [7, 11) is 0. The molecule has 0 radical (unpaired) electrons. The third kappa shape index (κ3) is 1.29. The van der Waals surface area contributed by atoms with Crippen LogP contribution in [0.2, 0.25) is 0 Å². The van der Waals surface area contributed by atoms with Gasteiger partial charge in [0.15, 0.2) is 0 Å². The number of halogens is 1. The van der Waals surface area contributed by atoms with Crippen molar-refractivity contribution in [3.05, 3.63) is 34.8 Å². The summed E-state index contributed by atoms with van der Waals surface area (Å²) in [6.07, 6.45) is 0. The third-order valence-corrected chi connectivity index (χ3v) is 2.63. The molecule has 0 saturated heterocycles. The Bertz CT molecular complexity index is 557. The summed E-state index contributed by atoms with van der Waals surface area (Å²) in [4.78, 5) is 13.8. The van der Waals surface area contributed by atoms with Crippen molar-refractivity contribution in [3.63, 3.8) is 0 Å². The molecule has 0 aliphatic heterocycles. The van der Waals surface area contributed by atoms with Gasteiger partial charge in [0.05, 0.1) is 11.1 Å². The van der Waals surface area contributed by atoms with Crippen LogP contribution in [0, 0.1) is 19.7 Å². The maximum absolute atomic E-state index is 13.4. The van der Waals surface area contributed by atoms with Crippen molar-refractivity contribution in [2.24, 2.45) is 0 Å². The Labute approximate surface area is 85.5 Å². The smallest absolute Gasteiger partial charge is 0.336 e. The Morgan fingerprint density at radius 3 is 2.67 bits per heavy atom. The van der Waals surface area contributed by atoms with Gasteiger partial charge < -0.3 is 10.1 Å². The fourth-order valence-corrected chi connectivity index (χ4v) is 1.74. The molecule has 1 aromatic heterocycles. The van der Waals surface area contributed by atoms with Crippen molar-refractivity contribution in [2.45, 2.75) is 13.8 Å². The predicted octanol–water partition coefficient (Wildman–Crippen LogP) is 2.62. The number of hydrogen-bond acceptors (Lipinski definition) is 1. The van der Waals surface area contributed by atoms with E-state index < -0.39 is 11.8 Å². The Morgan fingerprint density at radius 2 is 2.07 bits per heavy atom. The summed E-state index contributed by atoms with van der Waals surface area (Å²) >= 11 is 0. The zero-order chi connectivity index (χ0) is 11.2. The molecule has 15 heavy (non-hydrogen) atoms. The number of fused-ring (bicyclic) bond motifs is 1. The van der Waals surface area contributed by atoms with Crippen LogP contribution in [0.15, 0.2) is 12.1 Å². The molecule has 1 heterocycles. The summed E-state index contributed by atoms with van der Waals surface area (Å²) in [5.41, 5.74) is 1.97. The average molecular weight is 207 g/mol. The van der Waals surface area contributed by atoms with Gasteiger partial charge >= 0.3 is 5.97 Å². The molecule has 2 aromatic rings. The van der Waals surface area contributed by atoms with Crippen molar-refractivity contribution in [1.29, 1.82) is 0 Å². The van der Waals surface area contributed by atoms with Gasteiger partial charge in [0, 0.05) is 11.1 Å². The van der Waals surface area contributed by atoms with Crippen LogP contribution < -0.4 is 0 Å². The van der Waals surface area contributed by atoms with Crippen LogP contribution >= 0.6 is 0 Å². The van der Waals surface area contributed by atoms with Gasteiger partial charge in [-0.3, -0.25) is 0 Å². The van der Waals surface area contributed by atoms with E-state index in [2.05, 4.69) is 4.98 Å². The number of aromatic nitrogens is 1. The minimum atomic E-state index is -1.04. The monoisotopic (exact) mass is 207 g/mol. The molecule has 78 valence electrons. The number of aromatic amines is 1. The topological polar surface area (TPSA) is 53.1 Å². The number of carboxylic acids is 1. The first-order chi connectivity index (χ1) is 7.02. The van der Waals surface area contributed by atoms with E-state index in [1.807, 2.05) is 0 Å². The number of aryl methyl sites for hydroxylation is 2. The Kier molecular flexibility index (Phi) is 2.00. The highest BCUT2D eigenvalue weighted by Gasteiger charge is 2.16. The lowest BCUT2D eigenvalue weighted by Gasteiger charge is -1.99. The van der Waals surface area contributed by atoms with Crippen LogP contribution in [0.3, 0.4) is 0 Å². The molecule has 0 bridgehead atoms. The molecule has 0 aliphatic rings. The number of carbonyl (C=O) groups is 1. The minimum absolute atomic E-state index is 0.133. The van der Waals surface area contributed by atoms with Gasteiger partial charge in [-0.05, 0) is 31.5 Å². The zero-order valence-corrected chi connectivity index (χ0v) is 8.39. The van der Waals surface area contributed by atoms with E-state index in [1.165, 1.54) is 12.1 Å². The molecular weight excluding hydrogens is 197 g/mol. The second-order valence-corrected chi connectivity index (χ2v) is 3.53. The van der Waals surface area contributed by atoms with Gasteiger partial charge in [-0.1, -0.05) is 0 Å². The highest BCUT2D eigenvalue weighted by molar-refractivity contribution is 6.04. The van der Waals surface area contributed by atoms with Gasteiger partial charge in [-0.2, -0.15) is 0 Å². The highest BCUT2D eigenvalue weighted by atomic mass is 19.1. The lowest BCUT2D eigenvalue weighted by molar-refractivity contribution is 0.0699. The first-order valence-electron chi connectivity index (χ1n) is 4.53. The predicted molar refractivity (Wildman–Crippen MR) is 54.7 cm³/mol. The number of benzene rings is 1. The molecule has 2 rings (SSSR count). The number of nitrogens with one attached hydrogen (secondary N) is 1. The standard InChI is InChI=1S/C11H10FNO2/c1-5-6(2)13-10-8(12)4-3-7(9(5)10)11(14)15/h3-4,13H,1-2H3,(H,14,15). The molecular formula is C11H10FNO2. The van der Waals surface area contributed by atoms with Crippen LogP contribution in [-0.2, 0) is 0 Å². The first kappa shape index (κ1) is 9.71. The maximum Gasteiger partial charge on any atom is 0.336 e. The van der Waals surface area contributed by atoms with Crippen LogP contribution in [0.25, 0.3) is 10.9 Å². The molecule has 0 unspecified atom stereocenters. The van der Waals surface area contributed by atoms with Gasteiger partial charge in [0.25, 0.3) is 0 Å². The van der Waals surface area contributed by atoms with Crippen LogP contribution in [-0.4, -0.2) is 16.1 Å². The van der Waals surface area contributed by atoms with Gasteiger partial charge in [0.1, 0.15) is 5.82 Å². The zero-order valence-electron chi connectivity index (χ0n) is 8.39. The van der Waals surface area contributed by atoms with E-state index >= 15 is 0 Å². The number of aromatic carboxylic acids is 1. The van der Waals surface area contributed by atoms with E-state index in [0.29, 0.717) is 5.39 Å². The molecule has 0 amide bonds. The van der Waals surface area contributed by atoms with Gasteiger partial charge in [-0.25, -0.2) is 9.18 Å². The number of H-pyrrole nitrogens is 1. The molecule has 0 atom stereocenters. The summed E-state index contributed by atoms with van der Waals surface area (Å²) in [5.74, 6) is -1.46. The Morgan fingerprint density at radius 1 is 1.40 bits per heavy atom. The number of hydrogen-bond donors (Lipinski definition) is 2. The summed E-state index contributed by atoms with van der Waals surface area (Å²) in [6.45, 7) is 3.57. The second kappa shape index (κ2) is 3.08. The molecule has 4 heteroatoms. The van der Waals surface area contributed by atoms with Crippen molar-refractivity contribution in [2.75, 3.05) is 0 Å². The normalized spacial score (nSPS) is 10.9. The first-order valence-corrected chi connectivity index (χ1v) is 4.53. The molecule has 0 aliphatic carbocycles. The van der Waals surface area contributed by atoms with E-state index in [1.54, 1.807) is 13.8 Å². The van der Waals surface area contributed by atoms with Crippen molar-refractivity contribution >= 4 is 16.9 Å². The van der Waals surface area contributed by atoms with Crippen molar-refractivity contribution in [3.8, 4) is 0 Å². The highest BCUT2D eigenvalue weighted by Crippen LogP contribution is 2.27. The maximum atomic E-state index is 13.4. The molecule has 1 aromatic carbocycles. The Hall–Kier alpha value is -1.84. The number of rotatable bonds is 1. The minimum Gasteiger partial charge on any atom is -0.478 e. The van der Waals surface area contributed by atoms with Gasteiger partial charge in [-0.15, -0.1) is 0 Å². The molecule has 0 fully saturated rings. The molecule has 3 nitrogen and oxygen atoms in total.